The molecule has 0 saturated heterocycles. The number of ether oxygens (including phenoxy) is 4. The number of hydrogen-bond donors (Lipinski definition) is 1. The number of rotatable bonds is 12. The molecule has 1 unspecified atom stereocenters. The quantitative estimate of drug-likeness (QED) is 0.137. The van der Waals surface area contributed by atoms with Crippen LogP contribution >= 0.6 is 0 Å². The number of carbonyl (C=O) groups excluding carboxylic acids is 4. The number of cyclic esters (lactones) is 1. The van der Waals surface area contributed by atoms with Crippen LogP contribution < -0.4 is 4.74 Å². The first kappa shape index (κ1) is 37.1. The van der Waals surface area contributed by atoms with Crippen LogP contribution in [0.25, 0.3) is 0 Å². The molecule has 1 aromatic carbocycles. The summed E-state index contributed by atoms with van der Waals surface area (Å²) in [4.78, 5) is 60.6. The molecule has 1 heterocycles. The third-order valence-corrected chi connectivity index (χ3v) is 13.6. The number of aryl methyl sites for hydroxylation is 1. The van der Waals surface area contributed by atoms with E-state index in [1.807, 2.05) is 12.1 Å². The van der Waals surface area contributed by atoms with Crippen LogP contribution in [0.4, 0.5) is 0 Å². The van der Waals surface area contributed by atoms with Gasteiger partial charge in [-0.3, -0.25) is 19.2 Å². The fraction of sp³-hybridized carbons (Fsp3) is 0.683. The zero-order valence-electron chi connectivity index (χ0n) is 30.5. The normalized spacial score (nSPS) is 34.5. The lowest BCUT2D eigenvalue weighted by Gasteiger charge is -2.62. The Morgan fingerprint density at radius 2 is 1.69 bits per heavy atom. The topological polar surface area (TPSA) is 142 Å². The van der Waals surface area contributed by atoms with E-state index in [-0.39, 0.29) is 71.6 Å². The highest BCUT2D eigenvalue weighted by Crippen LogP contribution is 2.69. The number of carboxylic acid groups (broad SMARTS) is 1. The molecule has 4 aliphatic carbocycles. The second-order valence-corrected chi connectivity index (χ2v) is 16.5. The van der Waals surface area contributed by atoms with E-state index < -0.39 is 5.97 Å². The molecule has 0 radical (unpaired) electrons. The standard InChI is InChI=1S/C41H54O10/c1-24(42)49-30-11-8-26(9-12-30)6-5-7-27(18-37(44)45)19-39(47)51-31-16-17-40(3)29(21-31)10-13-32-34-15-14-33(28-20-38(46)48-23-28)41(34,4)36(22-35(32)40)50-25(2)43/h8-9,11-12,20,27,29,31-36H,5-7,10,13-19,21-23H2,1-4H3,(H,44,45)/t27?,29-,31+,32+,33-,34+,35+,36-,40+,41-/m1/s1. The summed E-state index contributed by atoms with van der Waals surface area (Å²) in [5.74, 6) is -0.155. The van der Waals surface area contributed by atoms with Gasteiger partial charge in [-0.25, -0.2) is 4.79 Å². The summed E-state index contributed by atoms with van der Waals surface area (Å²) in [6.45, 7) is 7.88. The maximum absolute atomic E-state index is 13.3. The van der Waals surface area contributed by atoms with Crippen LogP contribution in [-0.4, -0.2) is 53.8 Å². The minimum Gasteiger partial charge on any atom is -0.481 e. The first-order chi connectivity index (χ1) is 24.3. The summed E-state index contributed by atoms with van der Waals surface area (Å²) in [5, 5.41) is 9.57. The lowest BCUT2D eigenvalue weighted by Crippen LogP contribution is -2.59. The van der Waals surface area contributed by atoms with Gasteiger partial charge in [-0.2, -0.15) is 0 Å². The molecular formula is C41H54O10. The van der Waals surface area contributed by atoms with Crippen LogP contribution in [0.2, 0.25) is 0 Å². The van der Waals surface area contributed by atoms with Crippen LogP contribution in [-0.2, 0) is 44.6 Å². The molecule has 0 spiro atoms. The van der Waals surface area contributed by atoms with Gasteiger partial charge in [0, 0.05) is 38.2 Å². The third-order valence-electron chi connectivity index (χ3n) is 13.6. The number of aliphatic carboxylic acids is 1. The smallest absolute Gasteiger partial charge is 0.331 e. The van der Waals surface area contributed by atoms with Crippen molar-refractivity contribution in [3.8, 4) is 5.75 Å². The van der Waals surface area contributed by atoms with E-state index in [4.69, 9.17) is 18.9 Å². The van der Waals surface area contributed by atoms with Crippen molar-refractivity contribution >= 4 is 29.8 Å². The van der Waals surface area contributed by atoms with Gasteiger partial charge in [-0.1, -0.05) is 26.0 Å². The van der Waals surface area contributed by atoms with Gasteiger partial charge < -0.3 is 24.1 Å². The van der Waals surface area contributed by atoms with Crippen molar-refractivity contribution in [3.05, 3.63) is 41.5 Å². The number of hydrogen-bond acceptors (Lipinski definition) is 9. The van der Waals surface area contributed by atoms with E-state index in [9.17, 15) is 29.1 Å². The summed E-state index contributed by atoms with van der Waals surface area (Å²) in [7, 11) is 0. The molecule has 1 N–H and O–H groups in total. The van der Waals surface area contributed by atoms with Gasteiger partial charge in [0.25, 0.3) is 0 Å². The van der Waals surface area contributed by atoms with E-state index in [1.165, 1.54) is 13.8 Å². The minimum absolute atomic E-state index is 0.0393. The number of fused-ring (bicyclic) bond motifs is 5. The van der Waals surface area contributed by atoms with Crippen LogP contribution in [0.3, 0.4) is 0 Å². The molecule has 0 bridgehead atoms. The highest BCUT2D eigenvalue weighted by molar-refractivity contribution is 5.85. The van der Waals surface area contributed by atoms with Crippen molar-refractivity contribution in [1.82, 2.24) is 0 Å². The molecule has 6 rings (SSSR count). The Morgan fingerprint density at radius 1 is 0.922 bits per heavy atom. The fourth-order valence-electron chi connectivity index (χ4n) is 11.3. The van der Waals surface area contributed by atoms with Crippen molar-refractivity contribution in [2.75, 3.05) is 6.61 Å². The molecule has 0 aromatic heterocycles. The Hall–Kier alpha value is -3.69. The lowest BCUT2D eigenvalue weighted by molar-refractivity contribution is -0.193. The average molecular weight is 707 g/mol. The number of carboxylic acids is 1. The average Bonchev–Trinajstić information content (AvgIpc) is 3.64. The molecule has 10 nitrogen and oxygen atoms in total. The molecule has 4 fully saturated rings. The molecule has 1 aliphatic heterocycles. The van der Waals surface area contributed by atoms with Crippen molar-refractivity contribution in [2.45, 2.75) is 123 Å². The first-order valence-electron chi connectivity index (χ1n) is 19.0. The fourth-order valence-corrected chi connectivity index (χ4v) is 11.3. The van der Waals surface area contributed by atoms with E-state index in [0.717, 1.165) is 75.3 Å². The van der Waals surface area contributed by atoms with Crippen LogP contribution in [0.1, 0.15) is 110 Å². The Labute approximate surface area is 301 Å². The Morgan fingerprint density at radius 3 is 2.35 bits per heavy atom. The van der Waals surface area contributed by atoms with E-state index in [2.05, 4.69) is 13.8 Å². The van der Waals surface area contributed by atoms with Gasteiger partial charge in [-0.05, 0) is 135 Å². The molecule has 10 heteroatoms. The highest BCUT2D eigenvalue weighted by Gasteiger charge is 2.65. The third kappa shape index (κ3) is 7.90. The maximum atomic E-state index is 13.3. The summed E-state index contributed by atoms with van der Waals surface area (Å²) in [5.41, 5.74) is 1.89. The number of esters is 4. The van der Waals surface area contributed by atoms with Crippen LogP contribution in [0, 0.1) is 46.3 Å². The second kappa shape index (κ2) is 15.1. The second-order valence-electron chi connectivity index (χ2n) is 16.5. The predicted octanol–water partition coefficient (Wildman–Crippen LogP) is 7.01. The maximum Gasteiger partial charge on any atom is 0.331 e. The number of carbonyl (C=O) groups is 5. The van der Waals surface area contributed by atoms with Gasteiger partial charge in [0.05, 0.1) is 0 Å². The zero-order chi connectivity index (χ0) is 36.5. The summed E-state index contributed by atoms with van der Waals surface area (Å²) in [6.07, 6.45) is 10.8. The van der Waals surface area contributed by atoms with Gasteiger partial charge in [0.15, 0.2) is 0 Å². The Balaban J connectivity index is 1.06. The van der Waals surface area contributed by atoms with Crippen molar-refractivity contribution in [2.24, 2.45) is 46.3 Å². The lowest BCUT2D eigenvalue weighted by atomic mass is 9.44. The molecule has 278 valence electrons. The molecular weight excluding hydrogens is 652 g/mol. The van der Waals surface area contributed by atoms with E-state index >= 15 is 0 Å². The van der Waals surface area contributed by atoms with Crippen molar-refractivity contribution < 1.29 is 48.0 Å². The SMILES string of the molecule is CC(=O)Oc1ccc(CCCC(CC(=O)O)CC(=O)O[C@H]2CC[C@@]3(C)[C@H](CC[C@@H]4[C@@H]3C[C@@H](OC(C)=O)[C@]3(C)[C@@H](C5=CC(=O)OC5)CC[C@@H]43)C2)cc1. The van der Waals surface area contributed by atoms with E-state index in [1.54, 1.807) is 18.2 Å². The monoisotopic (exact) mass is 706 g/mol. The van der Waals surface area contributed by atoms with Crippen LogP contribution in [0.15, 0.2) is 35.9 Å². The molecule has 51 heavy (non-hydrogen) atoms. The Bertz CT molecular complexity index is 1530. The molecule has 10 atom stereocenters. The first-order valence-corrected chi connectivity index (χ1v) is 19.0. The largest absolute Gasteiger partial charge is 0.481 e. The van der Waals surface area contributed by atoms with Gasteiger partial charge in [-0.15, -0.1) is 0 Å². The highest BCUT2D eigenvalue weighted by atomic mass is 16.6. The summed E-state index contributed by atoms with van der Waals surface area (Å²) < 4.78 is 22.7. The van der Waals surface area contributed by atoms with Gasteiger partial charge in [0.2, 0.25) is 0 Å². The Kier molecular flexibility index (Phi) is 11.0. The molecule has 1 aromatic rings. The summed E-state index contributed by atoms with van der Waals surface area (Å²) in [6, 6.07) is 7.27. The summed E-state index contributed by atoms with van der Waals surface area (Å²) >= 11 is 0. The molecule has 5 aliphatic rings. The van der Waals surface area contributed by atoms with Crippen LogP contribution in [0.5, 0.6) is 5.75 Å². The van der Waals surface area contributed by atoms with E-state index in [0.29, 0.717) is 42.4 Å². The number of benzene rings is 1. The molecule has 4 saturated carbocycles. The zero-order valence-corrected chi connectivity index (χ0v) is 30.5. The molecule has 0 amide bonds. The predicted molar refractivity (Wildman–Crippen MR) is 186 cm³/mol. The van der Waals surface area contributed by atoms with Gasteiger partial charge >= 0.3 is 29.8 Å². The van der Waals surface area contributed by atoms with Gasteiger partial charge in [0.1, 0.15) is 24.6 Å². The minimum atomic E-state index is -0.922. The van der Waals surface area contributed by atoms with Crippen molar-refractivity contribution in [3.63, 3.8) is 0 Å². The van der Waals surface area contributed by atoms with Crippen molar-refractivity contribution in [1.29, 1.82) is 0 Å².